The maximum absolute atomic E-state index is 5.61. The van der Waals surface area contributed by atoms with Gasteiger partial charge in [0.05, 0.1) is 0 Å². The van der Waals surface area contributed by atoms with E-state index < -0.39 is 0 Å². The molecule has 76 valence electrons. The normalized spacial score (nSPS) is 21.1. The van der Waals surface area contributed by atoms with Crippen molar-refractivity contribution in [2.24, 2.45) is 0 Å². The fraction of sp³-hybridized carbons (Fsp3) is 0.556. The molecular weight excluding hydrogens is 196 g/mol. The minimum atomic E-state index is 0.535. The van der Waals surface area contributed by atoms with Crippen LogP contribution < -0.4 is 10.6 Å². The van der Waals surface area contributed by atoms with Crippen LogP contribution in [0, 0.1) is 0 Å². The van der Waals surface area contributed by atoms with Crippen LogP contribution in [0.3, 0.4) is 0 Å². The van der Waals surface area contributed by atoms with E-state index >= 15 is 0 Å². The number of hydrogen-bond acceptors (Lipinski definition) is 5. The molecule has 4 nitrogen and oxygen atoms in total. The second-order valence-electron chi connectivity index (χ2n) is 3.43. The fourth-order valence-corrected chi connectivity index (χ4v) is 2.84. The zero-order valence-corrected chi connectivity index (χ0v) is 9.00. The van der Waals surface area contributed by atoms with Crippen LogP contribution in [-0.2, 0) is 0 Å². The predicted octanol–water partition coefficient (Wildman–Crippen LogP) is 1.00. The van der Waals surface area contributed by atoms with Gasteiger partial charge >= 0.3 is 0 Å². The highest BCUT2D eigenvalue weighted by molar-refractivity contribution is 7.99. The monoisotopic (exact) mass is 210 g/mol. The Hall–Kier alpha value is -0.970. The summed E-state index contributed by atoms with van der Waals surface area (Å²) in [4.78, 5) is 10.3. The summed E-state index contributed by atoms with van der Waals surface area (Å²) in [6.07, 6.45) is 2.74. The van der Waals surface area contributed by atoms with Gasteiger partial charge in [0.2, 0.25) is 0 Å². The molecule has 1 aliphatic heterocycles. The van der Waals surface area contributed by atoms with Gasteiger partial charge in [0, 0.05) is 24.9 Å². The lowest BCUT2D eigenvalue weighted by Gasteiger charge is -2.24. The van der Waals surface area contributed by atoms with E-state index in [1.165, 1.54) is 24.3 Å². The van der Waals surface area contributed by atoms with Crippen LogP contribution in [0.4, 0.5) is 11.6 Å². The van der Waals surface area contributed by atoms with Crippen LogP contribution >= 0.6 is 11.8 Å². The first-order chi connectivity index (χ1) is 6.77. The van der Waals surface area contributed by atoms with Gasteiger partial charge in [-0.1, -0.05) is 0 Å². The van der Waals surface area contributed by atoms with E-state index in [0.29, 0.717) is 11.9 Å². The number of nitrogens with zero attached hydrogens (tertiary/aromatic N) is 3. The molecule has 0 radical (unpaired) electrons. The van der Waals surface area contributed by atoms with E-state index in [-0.39, 0.29) is 0 Å². The van der Waals surface area contributed by atoms with E-state index in [1.54, 1.807) is 0 Å². The minimum absolute atomic E-state index is 0.535. The van der Waals surface area contributed by atoms with Gasteiger partial charge in [0.15, 0.2) is 0 Å². The average molecular weight is 210 g/mol. The van der Waals surface area contributed by atoms with Crippen molar-refractivity contribution in [2.45, 2.75) is 12.5 Å². The molecule has 2 rings (SSSR count). The molecule has 0 spiro atoms. The third-order valence-corrected chi connectivity index (χ3v) is 3.63. The Balaban J connectivity index is 2.13. The van der Waals surface area contributed by atoms with Gasteiger partial charge in [0.25, 0.3) is 0 Å². The molecular formula is C9H14N4S. The Labute approximate surface area is 87.9 Å². The van der Waals surface area contributed by atoms with Crippen molar-refractivity contribution in [1.29, 1.82) is 0 Å². The largest absolute Gasteiger partial charge is 0.384 e. The molecule has 0 bridgehead atoms. The predicted molar refractivity (Wildman–Crippen MR) is 60.6 cm³/mol. The summed E-state index contributed by atoms with van der Waals surface area (Å²) in [5, 5.41) is 0. The molecule has 1 fully saturated rings. The summed E-state index contributed by atoms with van der Waals surface area (Å²) in [5.41, 5.74) is 5.61. The second-order valence-corrected chi connectivity index (χ2v) is 4.58. The third kappa shape index (κ3) is 1.92. The molecule has 0 aliphatic carbocycles. The van der Waals surface area contributed by atoms with Gasteiger partial charge in [-0.25, -0.2) is 9.97 Å². The van der Waals surface area contributed by atoms with Crippen LogP contribution in [0.5, 0.6) is 0 Å². The Bertz CT molecular complexity index is 311. The quantitative estimate of drug-likeness (QED) is 0.789. The van der Waals surface area contributed by atoms with E-state index in [2.05, 4.69) is 21.9 Å². The van der Waals surface area contributed by atoms with Crippen molar-refractivity contribution in [1.82, 2.24) is 9.97 Å². The summed E-state index contributed by atoms with van der Waals surface area (Å²) in [7, 11) is 2.07. The Morgan fingerprint density at radius 1 is 1.57 bits per heavy atom. The van der Waals surface area contributed by atoms with Crippen molar-refractivity contribution in [3.05, 3.63) is 12.4 Å². The van der Waals surface area contributed by atoms with E-state index in [0.717, 1.165) is 5.82 Å². The van der Waals surface area contributed by atoms with Crippen LogP contribution in [0.2, 0.25) is 0 Å². The van der Waals surface area contributed by atoms with Gasteiger partial charge in [0.1, 0.15) is 18.0 Å². The van der Waals surface area contributed by atoms with Crippen molar-refractivity contribution in [2.75, 3.05) is 29.2 Å². The minimum Gasteiger partial charge on any atom is -0.384 e. The van der Waals surface area contributed by atoms with Gasteiger partial charge in [-0.15, -0.1) is 0 Å². The second kappa shape index (κ2) is 4.04. The first-order valence-corrected chi connectivity index (χ1v) is 5.81. The molecule has 0 amide bonds. The van der Waals surface area contributed by atoms with Crippen LogP contribution in [-0.4, -0.2) is 34.6 Å². The van der Waals surface area contributed by atoms with Crippen molar-refractivity contribution in [3.8, 4) is 0 Å². The maximum atomic E-state index is 5.61. The van der Waals surface area contributed by atoms with Crippen molar-refractivity contribution >= 4 is 23.4 Å². The lowest BCUT2D eigenvalue weighted by atomic mass is 10.2. The summed E-state index contributed by atoms with van der Waals surface area (Å²) in [6.45, 7) is 0. The number of aromatic nitrogens is 2. The number of anilines is 2. The van der Waals surface area contributed by atoms with Crippen LogP contribution in [0.15, 0.2) is 12.4 Å². The summed E-state index contributed by atoms with van der Waals surface area (Å²) in [5.74, 6) is 3.88. The number of rotatable bonds is 2. The van der Waals surface area contributed by atoms with Crippen molar-refractivity contribution in [3.63, 3.8) is 0 Å². The fourth-order valence-electron chi connectivity index (χ4n) is 1.57. The highest BCUT2D eigenvalue weighted by Crippen LogP contribution is 2.24. The van der Waals surface area contributed by atoms with E-state index in [4.69, 9.17) is 5.73 Å². The third-order valence-electron chi connectivity index (χ3n) is 2.49. The maximum Gasteiger partial charge on any atom is 0.134 e. The standard InChI is InChI=1S/C9H14N4S/c1-13(7-2-3-14-5-7)9-4-8(10)11-6-12-9/h4,6-7H,2-3,5H2,1H3,(H2,10,11,12). The smallest absolute Gasteiger partial charge is 0.134 e. The Morgan fingerprint density at radius 2 is 2.43 bits per heavy atom. The first kappa shape index (κ1) is 9.58. The van der Waals surface area contributed by atoms with Gasteiger partial charge in [-0.3, -0.25) is 0 Å². The number of nitrogens with two attached hydrogens (primary N) is 1. The number of hydrogen-bond donors (Lipinski definition) is 1. The first-order valence-electron chi connectivity index (χ1n) is 4.65. The van der Waals surface area contributed by atoms with Gasteiger partial charge in [-0.2, -0.15) is 11.8 Å². The molecule has 5 heteroatoms. The Morgan fingerprint density at radius 3 is 3.07 bits per heavy atom. The molecule has 14 heavy (non-hydrogen) atoms. The Kier molecular flexibility index (Phi) is 2.77. The van der Waals surface area contributed by atoms with Crippen LogP contribution in [0.1, 0.15) is 6.42 Å². The summed E-state index contributed by atoms with van der Waals surface area (Å²) < 4.78 is 0. The van der Waals surface area contributed by atoms with Crippen LogP contribution in [0.25, 0.3) is 0 Å². The molecule has 2 N–H and O–H groups in total. The van der Waals surface area contributed by atoms with E-state index in [9.17, 15) is 0 Å². The highest BCUT2D eigenvalue weighted by Gasteiger charge is 2.20. The molecule has 0 saturated carbocycles. The molecule has 1 unspecified atom stereocenters. The SMILES string of the molecule is CN(c1cc(N)ncn1)C1CCSC1. The average Bonchev–Trinajstić information content (AvgIpc) is 2.69. The number of thioether (sulfide) groups is 1. The molecule has 1 atom stereocenters. The molecule has 2 heterocycles. The lowest BCUT2D eigenvalue weighted by Crippen LogP contribution is -2.32. The highest BCUT2D eigenvalue weighted by atomic mass is 32.2. The summed E-state index contributed by atoms with van der Waals surface area (Å²) >= 11 is 1.99. The lowest BCUT2D eigenvalue weighted by molar-refractivity contribution is 0.691. The van der Waals surface area contributed by atoms with Crippen molar-refractivity contribution < 1.29 is 0 Å². The molecule has 1 aromatic rings. The number of nitrogen functional groups attached to an aromatic ring is 1. The molecule has 0 aromatic carbocycles. The topological polar surface area (TPSA) is 55.0 Å². The zero-order chi connectivity index (χ0) is 9.97. The molecule has 1 aliphatic rings. The van der Waals surface area contributed by atoms with E-state index in [1.807, 2.05) is 17.8 Å². The molecule has 1 aromatic heterocycles. The molecule has 1 saturated heterocycles. The summed E-state index contributed by atoms with van der Waals surface area (Å²) in [6, 6.07) is 2.41. The van der Waals surface area contributed by atoms with Gasteiger partial charge < -0.3 is 10.6 Å². The van der Waals surface area contributed by atoms with Gasteiger partial charge in [-0.05, 0) is 12.2 Å². The zero-order valence-electron chi connectivity index (χ0n) is 8.18.